The van der Waals surface area contributed by atoms with Crippen LogP contribution in [0.25, 0.3) is 98.0 Å². The van der Waals surface area contributed by atoms with Gasteiger partial charge in [0.2, 0.25) is 0 Å². The highest BCUT2D eigenvalue weighted by Gasteiger charge is 2.47. The summed E-state index contributed by atoms with van der Waals surface area (Å²) < 4.78 is 0. The molecule has 57 heavy (non-hydrogen) atoms. The van der Waals surface area contributed by atoms with Gasteiger partial charge >= 0.3 is 11.9 Å². The van der Waals surface area contributed by atoms with Gasteiger partial charge in [-0.25, -0.2) is 0 Å². The molecule has 0 spiro atoms. The van der Waals surface area contributed by atoms with Crippen molar-refractivity contribution >= 4 is 76.6 Å². The van der Waals surface area contributed by atoms with Crippen LogP contribution in [0.3, 0.4) is 0 Å². The summed E-state index contributed by atoms with van der Waals surface area (Å²) >= 11 is 0. The summed E-state index contributed by atoms with van der Waals surface area (Å²) in [5.74, 6) is -3.22. The van der Waals surface area contributed by atoms with Crippen LogP contribution in [0.5, 0.6) is 0 Å². The van der Waals surface area contributed by atoms with Crippen LogP contribution in [0.15, 0.2) is 146 Å². The molecule has 0 aromatic heterocycles. The van der Waals surface area contributed by atoms with Crippen LogP contribution in [-0.4, -0.2) is 22.2 Å². The number of aliphatic carboxylic acids is 2. The molecule has 0 saturated heterocycles. The zero-order valence-corrected chi connectivity index (χ0v) is 31.6. The first kappa shape index (κ1) is 33.5. The quantitative estimate of drug-likeness (QED) is 0.152. The van der Waals surface area contributed by atoms with Crippen molar-refractivity contribution in [2.45, 2.75) is 32.1 Å². The first-order chi connectivity index (χ1) is 27.7. The fourth-order valence-electron chi connectivity index (χ4n) is 10.5. The van der Waals surface area contributed by atoms with Gasteiger partial charge in [-0.2, -0.15) is 0 Å². The van der Waals surface area contributed by atoms with Crippen LogP contribution < -0.4 is 0 Å². The van der Waals surface area contributed by atoms with E-state index in [1.165, 1.54) is 53.9 Å². The SMILES string of the molecule is CC(CC1(CC(C)C(=O)O)c2cc(-c3ccc4ccc5cccc6ccc3c4c56)ccc2-c2ccc(-c3ccc4ccc5cccc6ccc3c4c56)cc21)C(=O)O. The topological polar surface area (TPSA) is 74.6 Å². The molecule has 0 amide bonds. The fourth-order valence-corrected chi connectivity index (χ4v) is 10.5. The Morgan fingerprint density at radius 1 is 0.439 bits per heavy atom. The molecule has 2 atom stereocenters. The normalized spacial score (nSPS) is 14.6. The van der Waals surface area contributed by atoms with Crippen molar-refractivity contribution in [3.63, 3.8) is 0 Å². The average Bonchev–Trinajstić information content (AvgIpc) is 3.49. The summed E-state index contributed by atoms with van der Waals surface area (Å²) in [6.07, 6.45) is 0.535. The zero-order chi connectivity index (χ0) is 38.7. The van der Waals surface area contributed by atoms with Gasteiger partial charge < -0.3 is 10.2 Å². The molecule has 2 N–H and O–H groups in total. The Morgan fingerprint density at radius 3 is 1.16 bits per heavy atom. The summed E-state index contributed by atoms with van der Waals surface area (Å²) in [6.45, 7) is 3.51. The summed E-state index contributed by atoms with van der Waals surface area (Å²) in [5, 5.41) is 35.4. The summed E-state index contributed by atoms with van der Waals surface area (Å²) in [6, 6.07) is 52.4. The molecule has 11 rings (SSSR count). The van der Waals surface area contributed by atoms with Crippen LogP contribution >= 0.6 is 0 Å². The highest BCUT2D eigenvalue weighted by Crippen LogP contribution is 2.57. The number of carboxylic acids is 2. The Hall–Kier alpha value is -6.78. The summed E-state index contributed by atoms with van der Waals surface area (Å²) in [7, 11) is 0. The second-order valence-corrected chi connectivity index (χ2v) is 16.4. The van der Waals surface area contributed by atoms with E-state index in [0.29, 0.717) is 0 Å². The summed E-state index contributed by atoms with van der Waals surface area (Å²) in [5.41, 5.74) is 7.43. The van der Waals surface area contributed by atoms with E-state index in [1.54, 1.807) is 13.8 Å². The van der Waals surface area contributed by atoms with Gasteiger partial charge in [0.15, 0.2) is 0 Å². The molecule has 2 unspecified atom stereocenters. The van der Waals surface area contributed by atoms with Crippen molar-refractivity contribution in [3.05, 3.63) is 157 Å². The van der Waals surface area contributed by atoms with Crippen molar-refractivity contribution in [1.82, 2.24) is 0 Å². The molecule has 1 aliphatic carbocycles. The largest absolute Gasteiger partial charge is 0.481 e. The number of hydrogen-bond donors (Lipinski definition) is 2. The Balaban J connectivity index is 1.15. The highest BCUT2D eigenvalue weighted by molar-refractivity contribution is 6.26. The summed E-state index contributed by atoms with van der Waals surface area (Å²) in [4.78, 5) is 25.5. The van der Waals surface area contributed by atoms with Crippen molar-refractivity contribution in [1.29, 1.82) is 0 Å². The van der Waals surface area contributed by atoms with Gasteiger partial charge in [-0.1, -0.05) is 147 Å². The van der Waals surface area contributed by atoms with E-state index in [0.717, 1.165) is 55.3 Å². The number of carbonyl (C=O) groups is 2. The Labute approximate surface area is 329 Å². The Bertz CT molecular complexity index is 3050. The number of fused-ring (bicyclic) bond motifs is 3. The lowest BCUT2D eigenvalue weighted by Crippen LogP contribution is -2.34. The number of benzene rings is 10. The smallest absolute Gasteiger partial charge is 0.306 e. The van der Waals surface area contributed by atoms with Crippen LogP contribution in [0.1, 0.15) is 37.8 Å². The van der Waals surface area contributed by atoms with Crippen LogP contribution in [0.2, 0.25) is 0 Å². The molecule has 4 nitrogen and oxygen atoms in total. The lowest BCUT2D eigenvalue weighted by atomic mass is 9.66. The third-order valence-corrected chi connectivity index (χ3v) is 13.2. The predicted molar refractivity (Wildman–Crippen MR) is 234 cm³/mol. The van der Waals surface area contributed by atoms with E-state index < -0.39 is 29.2 Å². The number of rotatable bonds is 8. The molecule has 0 heterocycles. The Morgan fingerprint density at radius 2 is 0.772 bits per heavy atom. The fraction of sp³-hybridized carbons (Fsp3) is 0.132. The molecular formula is C53H38O4. The van der Waals surface area contributed by atoms with Gasteiger partial charge in [0.25, 0.3) is 0 Å². The molecular weight excluding hydrogens is 701 g/mol. The van der Waals surface area contributed by atoms with Crippen LogP contribution in [0, 0.1) is 11.8 Å². The lowest BCUT2D eigenvalue weighted by molar-refractivity contribution is -0.142. The van der Waals surface area contributed by atoms with Gasteiger partial charge in [0.05, 0.1) is 11.8 Å². The molecule has 1 aliphatic rings. The molecule has 0 aliphatic heterocycles. The molecule has 0 bridgehead atoms. The van der Waals surface area contributed by atoms with E-state index in [2.05, 4.69) is 146 Å². The molecule has 0 radical (unpaired) electrons. The lowest BCUT2D eigenvalue weighted by Gasteiger charge is -2.36. The maximum Gasteiger partial charge on any atom is 0.306 e. The predicted octanol–water partition coefficient (Wildman–Crippen LogP) is 13.3. The maximum atomic E-state index is 12.8. The molecule has 4 heteroatoms. The van der Waals surface area contributed by atoms with E-state index in [4.69, 9.17) is 0 Å². The second kappa shape index (κ2) is 12.1. The average molecular weight is 739 g/mol. The van der Waals surface area contributed by atoms with E-state index in [-0.39, 0.29) is 12.8 Å². The van der Waals surface area contributed by atoms with E-state index >= 15 is 0 Å². The van der Waals surface area contributed by atoms with Crippen LogP contribution in [-0.2, 0) is 15.0 Å². The third-order valence-electron chi connectivity index (χ3n) is 13.2. The minimum absolute atomic E-state index is 0.268. The van der Waals surface area contributed by atoms with Gasteiger partial charge in [0.1, 0.15) is 0 Å². The van der Waals surface area contributed by atoms with E-state index in [1.807, 2.05) is 0 Å². The minimum atomic E-state index is -0.891. The molecule has 274 valence electrons. The van der Waals surface area contributed by atoms with Crippen molar-refractivity contribution in [3.8, 4) is 33.4 Å². The van der Waals surface area contributed by atoms with Gasteiger partial charge in [-0.3, -0.25) is 9.59 Å². The Kier molecular flexibility index (Phi) is 7.13. The maximum absolute atomic E-state index is 12.8. The van der Waals surface area contributed by atoms with Crippen molar-refractivity contribution in [2.24, 2.45) is 11.8 Å². The standard InChI is InChI=1S/C53H38O4/c1-29(51(54)55)27-53(28-30(2)52(56)57)45-25-37(39-19-13-35-11-9-31-5-3-7-33-15-23-43(39)49(35)47(31)33)17-21-41(45)42-22-18-38(26-46(42)53)40-20-14-36-12-10-32-6-4-8-34-16-24-44(40)50(36)48(32)34/h3-26,29-30H,27-28H2,1-2H3,(H,54,55)(H,56,57). The van der Waals surface area contributed by atoms with Gasteiger partial charge in [0, 0.05) is 5.41 Å². The number of carboxylic acid groups (broad SMARTS) is 2. The highest BCUT2D eigenvalue weighted by atomic mass is 16.4. The van der Waals surface area contributed by atoms with Crippen molar-refractivity contribution in [2.75, 3.05) is 0 Å². The van der Waals surface area contributed by atoms with Gasteiger partial charge in [-0.15, -0.1) is 0 Å². The minimum Gasteiger partial charge on any atom is -0.481 e. The molecule has 0 fully saturated rings. The number of hydrogen-bond acceptors (Lipinski definition) is 2. The zero-order valence-electron chi connectivity index (χ0n) is 31.6. The molecule has 10 aromatic rings. The first-order valence-corrected chi connectivity index (χ1v) is 19.8. The monoisotopic (exact) mass is 738 g/mol. The molecule has 10 aromatic carbocycles. The van der Waals surface area contributed by atoms with Crippen molar-refractivity contribution < 1.29 is 19.8 Å². The van der Waals surface area contributed by atoms with Crippen LogP contribution in [0.4, 0.5) is 0 Å². The first-order valence-electron chi connectivity index (χ1n) is 19.8. The van der Waals surface area contributed by atoms with Gasteiger partial charge in [-0.05, 0) is 134 Å². The third kappa shape index (κ3) is 4.80. The van der Waals surface area contributed by atoms with E-state index in [9.17, 15) is 19.8 Å². The molecule has 0 saturated carbocycles. The second-order valence-electron chi connectivity index (χ2n) is 16.4.